The first-order valence-corrected chi connectivity index (χ1v) is 9.81. The molecule has 0 aliphatic heterocycles. The molecule has 0 heterocycles. The first kappa shape index (κ1) is 20.3. The van der Waals surface area contributed by atoms with Crippen molar-refractivity contribution in [3.8, 4) is 5.75 Å². The van der Waals surface area contributed by atoms with E-state index in [1.54, 1.807) is 19.2 Å². The maximum atomic E-state index is 13.4. The molecule has 1 amide bonds. The quantitative estimate of drug-likeness (QED) is 0.783. The van der Waals surface area contributed by atoms with Crippen LogP contribution in [-0.2, 0) is 10.2 Å². The minimum absolute atomic E-state index is 0.00762. The number of ether oxygens (including phenoxy) is 1. The lowest BCUT2D eigenvalue weighted by Crippen LogP contribution is -2.45. The minimum atomic E-state index is -0.564. The van der Waals surface area contributed by atoms with E-state index in [1.807, 2.05) is 38.4 Å². The number of hydrogen-bond acceptors (Lipinski definition) is 3. The number of para-hydroxylation sites is 1. The molecule has 0 saturated heterocycles. The highest BCUT2D eigenvalue weighted by atomic mass is 19.1. The molecule has 1 aliphatic rings. The van der Waals surface area contributed by atoms with Crippen LogP contribution in [0.2, 0.25) is 0 Å². The van der Waals surface area contributed by atoms with Crippen LogP contribution in [0.5, 0.6) is 5.75 Å². The van der Waals surface area contributed by atoms with Crippen molar-refractivity contribution in [3.05, 3.63) is 65.5 Å². The maximum absolute atomic E-state index is 13.4. The molecule has 28 heavy (non-hydrogen) atoms. The summed E-state index contributed by atoms with van der Waals surface area (Å²) in [5, 5.41) is 3.18. The van der Waals surface area contributed by atoms with Gasteiger partial charge in [-0.3, -0.25) is 4.79 Å². The summed E-state index contributed by atoms with van der Waals surface area (Å²) < 4.78 is 18.9. The highest BCUT2D eigenvalue weighted by molar-refractivity contribution is 5.88. The van der Waals surface area contributed by atoms with Crippen LogP contribution in [-0.4, -0.2) is 38.6 Å². The summed E-state index contributed by atoms with van der Waals surface area (Å²) in [6.07, 6.45) is 3.61. The molecule has 0 radical (unpaired) electrons. The second-order valence-electron chi connectivity index (χ2n) is 7.73. The summed E-state index contributed by atoms with van der Waals surface area (Å²) in [7, 11) is 5.65. The summed E-state index contributed by atoms with van der Waals surface area (Å²) in [6, 6.07) is 14.3. The van der Waals surface area contributed by atoms with Gasteiger partial charge in [0.25, 0.3) is 0 Å². The van der Waals surface area contributed by atoms with Crippen LogP contribution in [0.15, 0.2) is 48.5 Å². The monoisotopic (exact) mass is 384 g/mol. The number of carbonyl (C=O) groups excluding carboxylic acids is 1. The number of nitrogens with one attached hydrogen (secondary N) is 1. The number of hydrogen-bond donors (Lipinski definition) is 1. The number of halogens is 1. The molecule has 2 aromatic rings. The van der Waals surface area contributed by atoms with Gasteiger partial charge in [0.1, 0.15) is 11.6 Å². The Morgan fingerprint density at radius 1 is 1.14 bits per heavy atom. The predicted octanol–water partition coefficient (Wildman–Crippen LogP) is 4.07. The Labute approximate surface area is 166 Å². The van der Waals surface area contributed by atoms with Gasteiger partial charge in [-0.15, -0.1) is 0 Å². The van der Waals surface area contributed by atoms with Crippen molar-refractivity contribution in [2.75, 3.05) is 27.7 Å². The lowest BCUT2D eigenvalue weighted by atomic mass is 9.78. The number of methoxy groups -OCH3 is 1. The van der Waals surface area contributed by atoms with Gasteiger partial charge in [0.15, 0.2) is 0 Å². The molecule has 1 fully saturated rings. The summed E-state index contributed by atoms with van der Waals surface area (Å²) in [6.45, 7) is 0.481. The Bertz CT molecular complexity index is 799. The lowest BCUT2D eigenvalue weighted by molar-refractivity contribution is -0.126. The standard InChI is InChI=1S/C23H29FN2O2/c1-26(2)20(19-8-4-5-9-21(19)28-3)16-25-22(27)23(14-6-7-15-23)17-10-12-18(24)13-11-17/h4-5,8-13,20H,6-7,14-16H2,1-3H3,(H,25,27). The summed E-state index contributed by atoms with van der Waals surface area (Å²) in [5.41, 5.74) is 1.38. The molecule has 0 aromatic heterocycles. The largest absolute Gasteiger partial charge is 0.496 e. The molecule has 1 aliphatic carbocycles. The van der Waals surface area contributed by atoms with Crippen LogP contribution in [0.25, 0.3) is 0 Å². The molecule has 3 rings (SSSR count). The topological polar surface area (TPSA) is 41.6 Å². The zero-order valence-corrected chi connectivity index (χ0v) is 16.9. The fourth-order valence-corrected chi connectivity index (χ4v) is 4.27. The second kappa shape index (κ2) is 8.74. The molecule has 0 bridgehead atoms. The Kier molecular flexibility index (Phi) is 6.35. The average Bonchev–Trinajstić information content (AvgIpc) is 3.20. The van der Waals surface area contributed by atoms with Crippen molar-refractivity contribution in [2.24, 2.45) is 0 Å². The summed E-state index contributed by atoms with van der Waals surface area (Å²) >= 11 is 0. The van der Waals surface area contributed by atoms with Gasteiger partial charge in [-0.25, -0.2) is 4.39 Å². The molecule has 1 atom stereocenters. The fraction of sp³-hybridized carbons (Fsp3) is 0.435. The van der Waals surface area contributed by atoms with Gasteiger partial charge >= 0.3 is 0 Å². The van der Waals surface area contributed by atoms with Crippen molar-refractivity contribution in [2.45, 2.75) is 37.1 Å². The first-order chi connectivity index (χ1) is 13.5. The van der Waals surface area contributed by atoms with Crippen LogP contribution in [0.4, 0.5) is 4.39 Å². The highest BCUT2D eigenvalue weighted by Crippen LogP contribution is 2.41. The van der Waals surface area contributed by atoms with E-state index in [4.69, 9.17) is 4.74 Å². The van der Waals surface area contributed by atoms with Crippen LogP contribution < -0.4 is 10.1 Å². The first-order valence-electron chi connectivity index (χ1n) is 9.81. The third-order valence-corrected chi connectivity index (χ3v) is 5.87. The van der Waals surface area contributed by atoms with E-state index in [9.17, 15) is 9.18 Å². The Hall–Kier alpha value is -2.40. The van der Waals surface area contributed by atoms with Crippen molar-refractivity contribution in [3.63, 3.8) is 0 Å². The summed E-state index contributed by atoms with van der Waals surface area (Å²) in [4.78, 5) is 15.4. The van der Waals surface area contributed by atoms with Crippen molar-refractivity contribution in [1.82, 2.24) is 10.2 Å². The molecule has 1 N–H and O–H groups in total. The van der Waals surface area contributed by atoms with Gasteiger partial charge in [0.2, 0.25) is 5.91 Å². The normalized spacial score (nSPS) is 16.8. The number of carbonyl (C=O) groups is 1. The third kappa shape index (κ3) is 4.04. The zero-order valence-electron chi connectivity index (χ0n) is 16.9. The number of rotatable bonds is 7. The molecule has 0 spiro atoms. The Balaban J connectivity index is 1.80. The van der Waals surface area contributed by atoms with Crippen molar-refractivity contribution in [1.29, 1.82) is 0 Å². The van der Waals surface area contributed by atoms with E-state index in [1.165, 1.54) is 12.1 Å². The second-order valence-corrected chi connectivity index (χ2v) is 7.73. The van der Waals surface area contributed by atoms with Gasteiger partial charge in [-0.2, -0.15) is 0 Å². The molecular weight excluding hydrogens is 355 g/mol. The lowest BCUT2D eigenvalue weighted by Gasteiger charge is -2.31. The van der Waals surface area contributed by atoms with Crippen molar-refractivity contribution >= 4 is 5.91 Å². The van der Waals surface area contributed by atoms with Crippen LogP contribution in [0.3, 0.4) is 0 Å². The zero-order chi connectivity index (χ0) is 20.1. The smallest absolute Gasteiger partial charge is 0.230 e. The van der Waals surface area contributed by atoms with E-state index in [2.05, 4.69) is 10.2 Å². The number of amides is 1. The van der Waals surface area contributed by atoms with Crippen LogP contribution in [0.1, 0.15) is 42.9 Å². The number of nitrogens with zero attached hydrogens (tertiary/aromatic N) is 1. The summed E-state index contributed by atoms with van der Waals surface area (Å²) in [5.74, 6) is 0.559. The fourth-order valence-electron chi connectivity index (χ4n) is 4.27. The van der Waals surface area contributed by atoms with Crippen molar-refractivity contribution < 1.29 is 13.9 Å². The molecule has 1 unspecified atom stereocenters. The Morgan fingerprint density at radius 2 is 1.79 bits per heavy atom. The molecule has 2 aromatic carbocycles. The molecule has 1 saturated carbocycles. The maximum Gasteiger partial charge on any atom is 0.230 e. The molecule has 4 nitrogen and oxygen atoms in total. The predicted molar refractivity (Wildman–Crippen MR) is 109 cm³/mol. The number of likely N-dealkylation sites (N-methyl/N-ethyl adjacent to an activating group) is 1. The SMILES string of the molecule is COc1ccccc1C(CNC(=O)C1(c2ccc(F)cc2)CCCC1)N(C)C. The van der Waals surface area contributed by atoms with Gasteiger partial charge in [0, 0.05) is 12.1 Å². The van der Waals surface area contributed by atoms with Gasteiger partial charge in [-0.1, -0.05) is 43.2 Å². The van der Waals surface area contributed by atoms with E-state index < -0.39 is 5.41 Å². The highest BCUT2D eigenvalue weighted by Gasteiger charge is 2.42. The Morgan fingerprint density at radius 3 is 2.39 bits per heavy atom. The van der Waals surface area contributed by atoms with Crippen LogP contribution in [0, 0.1) is 5.82 Å². The number of benzene rings is 2. The van der Waals surface area contributed by atoms with Gasteiger partial charge in [0.05, 0.1) is 18.6 Å². The molecule has 150 valence electrons. The average molecular weight is 384 g/mol. The van der Waals surface area contributed by atoms with E-state index >= 15 is 0 Å². The van der Waals surface area contributed by atoms with Gasteiger partial charge in [-0.05, 0) is 50.7 Å². The van der Waals surface area contributed by atoms with E-state index in [0.717, 1.165) is 42.6 Å². The third-order valence-electron chi connectivity index (χ3n) is 5.87. The van der Waals surface area contributed by atoms with Gasteiger partial charge < -0.3 is 15.0 Å². The van der Waals surface area contributed by atoms with E-state index in [0.29, 0.717) is 6.54 Å². The molecule has 5 heteroatoms. The van der Waals surface area contributed by atoms with Crippen LogP contribution >= 0.6 is 0 Å². The molecular formula is C23H29FN2O2. The minimum Gasteiger partial charge on any atom is -0.496 e. The van der Waals surface area contributed by atoms with E-state index in [-0.39, 0.29) is 17.8 Å².